The lowest BCUT2D eigenvalue weighted by Gasteiger charge is -2.06. The molecule has 0 amide bonds. The number of rotatable bonds is 5. The smallest absolute Gasteiger partial charge is 0.311 e. The van der Waals surface area contributed by atoms with Gasteiger partial charge in [0.05, 0.1) is 4.92 Å². The second-order valence-corrected chi connectivity index (χ2v) is 3.98. The highest BCUT2D eigenvalue weighted by Crippen LogP contribution is 2.20. The van der Waals surface area contributed by atoms with Gasteiger partial charge in [-0.2, -0.15) is 5.10 Å². The zero-order chi connectivity index (χ0) is 13.8. The van der Waals surface area contributed by atoms with Gasteiger partial charge in [-0.3, -0.25) is 14.8 Å². The van der Waals surface area contributed by atoms with Gasteiger partial charge in [0.25, 0.3) is 0 Å². The van der Waals surface area contributed by atoms with E-state index in [1.165, 1.54) is 12.1 Å². The van der Waals surface area contributed by atoms with Crippen molar-refractivity contribution in [3.63, 3.8) is 0 Å². The Bertz CT molecular complexity index is 595. The number of nitrogens with two attached hydrogens (primary N) is 1. The van der Waals surface area contributed by atoms with E-state index in [0.717, 1.165) is 12.1 Å². The van der Waals surface area contributed by atoms with Crippen LogP contribution in [0.3, 0.4) is 0 Å². The Hall–Kier alpha value is -2.64. The van der Waals surface area contributed by atoms with E-state index in [1.54, 1.807) is 10.9 Å². The Morgan fingerprint density at radius 2 is 2.26 bits per heavy atom. The van der Waals surface area contributed by atoms with Crippen molar-refractivity contribution in [2.75, 3.05) is 17.6 Å². The number of nitro groups is 1. The predicted molar refractivity (Wildman–Crippen MR) is 70.7 cm³/mol. The molecule has 3 N–H and O–H groups in total. The summed E-state index contributed by atoms with van der Waals surface area (Å²) >= 11 is 0. The molecule has 0 radical (unpaired) electrons. The van der Waals surface area contributed by atoms with Crippen LogP contribution in [-0.2, 0) is 13.5 Å². The van der Waals surface area contributed by atoms with E-state index in [0.29, 0.717) is 12.4 Å². The molecule has 19 heavy (non-hydrogen) atoms. The van der Waals surface area contributed by atoms with E-state index in [4.69, 9.17) is 5.73 Å². The van der Waals surface area contributed by atoms with E-state index < -0.39 is 4.92 Å². The molecule has 2 rings (SSSR count). The van der Waals surface area contributed by atoms with E-state index in [-0.39, 0.29) is 11.5 Å². The summed E-state index contributed by atoms with van der Waals surface area (Å²) in [5.41, 5.74) is 6.41. The number of anilines is 2. The molecule has 0 aliphatic heterocycles. The van der Waals surface area contributed by atoms with E-state index in [9.17, 15) is 10.1 Å². The van der Waals surface area contributed by atoms with Gasteiger partial charge >= 0.3 is 5.69 Å². The van der Waals surface area contributed by atoms with Crippen molar-refractivity contribution >= 4 is 17.3 Å². The van der Waals surface area contributed by atoms with Gasteiger partial charge in [0.15, 0.2) is 0 Å². The zero-order valence-electron chi connectivity index (χ0n) is 10.4. The maximum Gasteiger partial charge on any atom is 0.311 e. The Kier molecular flexibility index (Phi) is 3.60. The maximum absolute atomic E-state index is 10.6. The normalized spacial score (nSPS) is 10.4. The molecular formula is C11H14N6O2. The summed E-state index contributed by atoms with van der Waals surface area (Å²) in [6, 6.07) is 4.81. The SMILES string of the molecule is Cn1nccc1CCNc1ccc([N+](=O)[O-])c(N)n1. The van der Waals surface area contributed by atoms with E-state index >= 15 is 0 Å². The van der Waals surface area contributed by atoms with Crippen molar-refractivity contribution < 1.29 is 4.92 Å². The van der Waals surface area contributed by atoms with E-state index in [2.05, 4.69) is 15.4 Å². The molecule has 2 aromatic rings. The van der Waals surface area contributed by atoms with Crippen LogP contribution in [0.25, 0.3) is 0 Å². The minimum absolute atomic E-state index is 0.0875. The molecular weight excluding hydrogens is 248 g/mol. The fourth-order valence-corrected chi connectivity index (χ4v) is 1.69. The summed E-state index contributed by atoms with van der Waals surface area (Å²) in [5.74, 6) is 0.431. The quantitative estimate of drug-likeness (QED) is 0.613. The van der Waals surface area contributed by atoms with Crippen molar-refractivity contribution in [3.8, 4) is 0 Å². The lowest BCUT2D eigenvalue weighted by molar-refractivity contribution is -0.384. The van der Waals surface area contributed by atoms with Crippen LogP contribution >= 0.6 is 0 Å². The summed E-state index contributed by atoms with van der Waals surface area (Å²) in [6.45, 7) is 0.643. The lowest BCUT2D eigenvalue weighted by Crippen LogP contribution is -2.10. The second-order valence-electron chi connectivity index (χ2n) is 3.98. The highest BCUT2D eigenvalue weighted by molar-refractivity contribution is 5.57. The molecule has 0 fully saturated rings. The molecule has 0 spiro atoms. The van der Waals surface area contributed by atoms with Gasteiger partial charge in [0, 0.05) is 38.0 Å². The standard InChI is InChI=1S/C11H14N6O2/c1-16-8(5-7-14-16)4-6-13-10-3-2-9(17(18)19)11(12)15-10/h2-3,5,7H,4,6H2,1H3,(H3,12,13,15). The molecule has 0 atom stereocenters. The number of pyridine rings is 1. The van der Waals surface area contributed by atoms with Crippen molar-refractivity contribution in [2.24, 2.45) is 7.05 Å². The molecule has 2 aromatic heterocycles. The summed E-state index contributed by atoms with van der Waals surface area (Å²) in [5, 5.41) is 17.7. The predicted octanol–water partition coefficient (Wildman–Crippen LogP) is 0.960. The first-order valence-electron chi connectivity index (χ1n) is 5.69. The van der Waals surface area contributed by atoms with Gasteiger partial charge in [0.2, 0.25) is 5.82 Å². The highest BCUT2D eigenvalue weighted by Gasteiger charge is 2.12. The number of hydrogen-bond donors (Lipinski definition) is 2. The average molecular weight is 262 g/mol. The Morgan fingerprint density at radius 1 is 1.47 bits per heavy atom. The summed E-state index contributed by atoms with van der Waals surface area (Å²) in [4.78, 5) is 14.0. The van der Waals surface area contributed by atoms with Gasteiger partial charge in [0.1, 0.15) is 5.82 Å². The van der Waals surface area contributed by atoms with Crippen LogP contribution in [0.15, 0.2) is 24.4 Å². The number of aromatic nitrogens is 3. The van der Waals surface area contributed by atoms with Crippen LogP contribution < -0.4 is 11.1 Å². The molecule has 8 heteroatoms. The van der Waals surface area contributed by atoms with Crippen LogP contribution in [0.1, 0.15) is 5.69 Å². The number of hydrogen-bond acceptors (Lipinski definition) is 6. The molecule has 0 aliphatic carbocycles. The molecule has 0 bridgehead atoms. The highest BCUT2D eigenvalue weighted by atomic mass is 16.6. The third-order valence-corrected chi connectivity index (χ3v) is 2.71. The Balaban J connectivity index is 1.95. The number of nitrogens with one attached hydrogen (secondary N) is 1. The summed E-state index contributed by atoms with van der Waals surface area (Å²) in [6.07, 6.45) is 2.51. The third-order valence-electron chi connectivity index (χ3n) is 2.71. The van der Waals surface area contributed by atoms with Gasteiger partial charge in [-0.25, -0.2) is 4.98 Å². The molecule has 0 aromatic carbocycles. The fourth-order valence-electron chi connectivity index (χ4n) is 1.69. The first kappa shape index (κ1) is 12.8. The summed E-state index contributed by atoms with van der Waals surface area (Å²) in [7, 11) is 1.87. The van der Waals surface area contributed by atoms with Gasteiger partial charge < -0.3 is 11.1 Å². The van der Waals surface area contributed by atoms with E-state index in [1.807, 2.05) is 13.1 Å². The minimum atomic E-state index is -0.554. The second kappa shape index (κ2) is 5.34. The van der Waals surface area contributed by atoms with Crippen LogP contribution in [0, 0.1) is 10.1 Å². The first-order chi connectivity index (χ1) is 9.08. The molecule has 0 unspecified atom stereocenters. The molecule has 0 saturated heterocycles. The summed E-state index contributed by atoms with van der Waals surface area (Å²) < 4.78 is 1.79. The van der Waals surface area contributed by atoms with Crippen molar-refractivity contribution in [1.29, 1.82) is 0 Å². The van der Waals surface area contributed by atoms with Crippen LogP contribution in [-0.4, -0.2) is 26.2 Å². The van der Waals surface area contributed by atoms with Gasteiger partial charge in [-0.05, 0) is 12.1 Å². The van der Waals surface area contributed by atoms with Gasteiger partial charge in [-0.15, -0.1) is 0 Å². The van der Waals surface area contributed by atoms with Crippen LogP contribution in [0.2, 0.25) is 0 Å². The largest absolute Gasteiger partial charge is 0.378 e. The van der Waals surface area contributed by atoms with Crippen LogP contribution in [0.5, 0.6) is 0 Å². The number of nitrogens with zero attached hydrogens (tertiary/aromatic N) is 4. The number of aryl methyl sites for hydroxylation is 1. The first-order valence-corrected chi connectivity index (χ1v) is 5.69. The monoisotopic (exact) mass is 262 g/mol. The maximum atomic E-state index is 10.6. The third kappa shape index (κ3) is 2.97. The molecule has 8 nitrogen and oxygen atoms in total. The average Bonchev–Trinajstić information content (AvgIpc) is 2.75. The molecule has 0 saturated carbocycles. The van der Waals surface area contributed by atoms with Crippen molar-refractivity contribution in [1.82, 2.24) is 14.8 Å². The molecule has 100 valence electrons. The Morgan fingerprint density at radius 3 is 2.84 bits per heavy atom. The zero-order valence-corrected chi connectivity index (χ0v) is 10.4. The lowest BCUT2D eigenvalue weighted by atomic mass is 10.3. The van der Waals surface area contributed by atoms with Gasteiger partial charge in [-0.1, -0.05) is 0 Å². The van der Waals surface area contributed by atoms with Crippen molar-refractivity contribution in [2.45, 2.75) is 6.42 Å². The topological polar surface area (TPSA) is 112 Å². The fraction of sp³-hybridized carbons (Fsp3) is 0.273. The van der Waals surface area contributed by atoms with Crippen molar-refractivity contribution in [3.05, 3.63) is 40.2 Å². The Labute approximate surface area is 109 Å². The molecule has 2 heterocycles. The molecule has 0 aliphatic rings. The minimum Gasteiger partial charge on any atom is -0.378 e. The van der Waals surface area contributed by atoms with Crippen LogP contribution in [0.4, 0.5) is 17.3 Å². The number of nitrogen functional groups attached to an aromatic ring is 1.